The van der Waals surface area contributed by atoms with Gasteiger partial charge in [-0.05, 0) is 56.2 Å². The number of ketones is 1. The number of rotatable bonds is 7. The van der Waals surface area contributed by atoms with E-state index in [0.29, 0.717) is 29.8 Å². The number of nitrogens with zero attached hydrogens (tertiary/aromatic N) is 2. The molecule has 3 rings (SSSR count). The molecule has 1 unspecified atom stereocenters. The van der Waals surface area contributed by atoms with Crippen LogP contribution in [0.5, 0.6) is 0 Å². The maximum atomic E-state index is 13.1. The van der Waals surface area contributed by atoms with E-state index in [2.05, 4.69) is 10.4 Å². The van der Waals surface area contributed by atoms with Crippen LogP contribution in [0.15, 0.2) is 54.6 Å². The second-order valence-electron chi connectivity index (χ2n) is 7.31. The van der Waals surface area contributed by atoms with Gasteiger partial charge in [0.1, 0.15) is 5.82 Å². The number of carbonyl (C=O) groups is 2. The van der Waals surface area contributed by atoms with Gasteiger partial charge in [-0.1, -0.05) is 25.1 Å². The largest absolute Gasteiger partial charge is 0.352 e. The molecule has 6 heteroatoms. The van der Waals surface area contributed by atoms with Crippen LogP contribution < -0.4 is 5.32 Å². The van der Waals surface area contributed by atoms with E-state index in [4.69, 9.17) is 0 Å². The average Bonchev–Trinajstić information content (AvgIpc) is 3.02. The van der Waals surface area contributed by atoms with Gasteiger partial charge >= 0.3 is 0 Å². The molecule has 2 aromatic carbocycles. The van der Waals surface area contributed by atoms with Crippen LogP contribution in [-0.4, -0.2) is 28.0 Å². The van der Waals surface area contributed by atoms with Crippen LogP contribution in [0.25, 0.3) is 0 Å². The standard InChI is InChI=1S/C23H24FN3O2/c1-15(14-27-17(3)12-16(2)26-27)13-25-23(29)21-7-5-4-6-20(21)22(28)18-8-10-19(24)11-9-18/h4-12,15H,13-14H2,1-3H3,(H,25,29). The number of aromatic nitrogens is 2. The number of hydrogen-bond acceptors (Lipinski definition) is 3. The van der Waals surface area contributed by atoms with Gasteiger partial charge in [0.25, 0.3) is 5.91 Å². The van der Waals surface area contributed by atoms with Crippen molar-refractivity contribution in [1.29, 1.82) is 0 Å². The minimum Gasteiger partial charge on any atom is -0.352 e. The van der Waals surface area contributed by atoms with Crippen LogP contribution in [-0.2, 0) is 6.54 Å². The van der Waals surface area contributed by atoms with Gasteiger partial charge in [-0.2, -0.15) is 5.10 Å². The lowest BCUT2D eigenvalue weighted by atomic mass is 9.97. The fourth-order valence-electron chi connectivity index (χ4n) is 3.22. The number of carbonyl (C=O) groups excluding carboxylic acids is 2. The van der Waals surface area contributed by atoms with E-state index in [-0.39, 0.29) is 17.6 Å². The highest BCUT2D eigenvalue weighted by atomic mass is 19.1. The Morgan fingerprint density at radius 3 is 2.34 bits per heavy atom. The predicted octanol–water partition coefficient (Wildman–Crippen LogP) is 3.94. The maximum Gasteiger partial charge on any atom is 0.252 e. The molecule has 0 fully saturated rings. The van der Waals surface area contributed by atoms with E-state index in [1.165, 1.54) is 24.3 Å². The Morgan fingerprint density at radius 2 is 1.72 bits per heavy atom. The zero-order valence-electron chi connectivity index (χ0n) is 16.8. The van der Waals surface area contributed by atoms with E-state index in [9.17, 15) is 14.0 Å². The first-order chi connectivity index (χ1) is 13.8. The number of benzene rings is 2. The molecule has 29 heavy (non-hydrogen) atoms. The summed E-state index contributed by atoms with van der Waals surface area (Å²) in [5, 5.41) is 7.35. The fourth-order valence-corrected chi connectivity index (χ4v) is 3.22. The summed E-state index contributed by atoms with van der Waals surface area (Å²) >= 11 is 0. The quantitative estimate of drug-likeness (QED) is 0.619. The summed E-state index contributed by atoms with van der Waals surface area (Å²) in [5.74, 6) is -0.871. The van der Waals surface area contributed by atoms with Gasteiger partial charge in [-0.3, -0.25) is 14.3 Å². The number of nitrogens with one attached hydrogen (secondary N) is 1. The molecule has 3 aromatic rings. The number of amides is 1. The normalized spacial score (nSPS) is 11.9. The lowest BCUT2D eigenvalue weighted by Crippen LogP contribution is -2.31. The van der Waals surface area contributed by atoms with Crippen molar-refractivity contribution in [1.82, 2.24) is 15.1 Å². The molecule has 1 atom stereocenters. The monoisotopic (exact) mass is 393 g/mol. The third kappa shape index (κ3) is 4.96. The summed E-state index contributed by atoms with van der Waals surface area (Å²) in [6.45, 7) is 7.13. The molecule has 1 N–H and O–H groups in total. The van der Waals surface area contributed by atoms with Crippen molar-refractivity contribution in [3.63, 3.8) is 0 Å². The van der Waals surface area contributed by atoms with E-state index in [0.717, 1.165) is 11.4 Å². The third-order valence-corrected chi connectivity index (χ3v) is 4.72. The molecule has 0 radical (unpaired) electrons. The van der Waals surface area contributed by atoms with E-state index in [1.807, 2.05) is 31.5 Å². The van der Waals surface area contributed by atoms with Crippen LogP contribution in [0.2, 0.25) is 0 Å². The third-order valence-electron chi connectivity index (χ3n) is 4.72. The van der Waals surface area contributed by atoms with Crippen LogP contribution in [0.3, 0.4) is 0 Å². The average molecular weight is 393 g/mol. The van der Waals surface area contributed by atoms with E-state index in [1.54, 1.807) is 24.3 Å². The molecule has 5 nitrogen and oxygen atoms in total. The highest BCUT2D eigenvalue weighted by Gasteiger charge is 2.18. The first-order valence-corrected chi connectivity index (χ1v) is 9.53. The molecule has 150 valence electrons. The van der Waals surface area contributed by atoms with Crippen molar-refractivity contribution in [2.24, 2.45) is 5.92 Å². The van der Waals surface area contributed by atoms with Crippen molar-refractivity contribution in [3.05, 3.63) is 88.5 Å². The first kappa shape index (κ1) is 20.5. The molecule has 0 aliphatic heterocycles. The van der Waals surface area contributed by atoms with Crippen molar-refractivity contribution in [2.45, 2.75) is 27.3 Å². The topological polar surface area (TPSA) is 64.0 Å². The lowest BCUT2D eigenvalue weighted by molar-refractivity contribution is 0.0935. The lowest BCUT2D eigenvalue weighted by Gasteiger charge is -2.15. The molecule has 0 saturated carbocycles. The summed E-state index contributed by atoms with van der Waals surface area (Å²) in [7, 11) is 0. The minimum absolute atomic E-state index is 0.164. The fraction of sp³-hybridized carbons (Fsp3) is 0.261. The first-order valence-electron chi connectivity index (χ1n) is 9.53. The zero-order valence-corrected chi connectivity index (χ0v) is 16.8. The van der Waals surface area contributed by atoms with E-state index >= 15 is 0 Å². The van der Waals surface area contributed by atoms with Crippen molar-refractivity contribution in [3.8, 4) is 0 Å². The van der Waals surface area contributed by atoms with Crippen LogP contribution in [0.4, 0.5) is 4.39 Å². The minimum atomic E-state index is -0.413. The van der Waals surface area contributed by atoms with Gasteiger partial charge in [0.05, 0.1) is 11.3 Å². The van der Waals surface area contributed by atoms with Crippen LogP contribution >= 0.6 is 0 Å². The number of halogens is 1. The molecule has 0 saturated heterocycles. The molecule has 0 spiro atoms. The Hall–Kier alpha value is -3.28. The second-order valence-corrected chi connectivity index (χ2v) is 7.31. The van der Waals surface area contributed by atoms with Gasteiger partial charge < -0.3 is 5.32 Å². The summed E-state index contributed by atoms with van der Waals surface area (Å²) in [5.41, 5.74) is 2.98. The summed E-state index contributed by atoms with van der Waals surface area (Å²) in [6.07, 6.45) is 0. The zero-order chi connectivity index (χ0) is 21.0. The second kappa shape index (κ2) is 8.82. The van der Waals surface area contributed by atoms with Gasteiger partial charge in [-0.15, -0.1) is 0 Å². The summed E-state index contributed by atoms with van der Waals surface area (Å²) in [6, 6.07) is 14.0. The van der Waals surface area contributed by atoms with Crippen molar-refractivity contribution < 1.29 is 14.0 Å². The highest BCUT2D eigenvalue weighted by molar-refractivity contribution is 6.15. The molecule has 0 aliphatic rings. The Labute approximate surface area is 169 Å². The number of aryl methyl sites for hydroxylation is 2. The van der Waals surface area contributed by atoms with E-state index < -0.39 is 5.82 Å². The Morgan fingerprint density at radius 1 is 1.07 bits per heavy atom. The maximum absolute atomic E-state index is 13.1. The van der Waals surface area contributed by atoms with Gasteiger partial charge in [0.15, 0.2) is 5.78 Å². The Balaban J connectivity index is 1.69. The van der Waals surface area contributed by atoms with Crippen LogP contribution in [0.1, 0.15) is 44.6 Å². The Kier molecular flexibility index (Phi) is 6.22. The van der Waals surface area contributed by atoms with Gasteiger partial charge in [-0.25, -0.2) is 4.39 Å². The summed E-state index contributed by atoms with van der Waals surface area (Å²) in [4.78, 5) is 25.5. The molecule has 0 aliphatic carbocycles. The van der Waals surface area contributed by atoms with Crippen LogP contribution in [0, 0.1) is 25.6 Å². The molecule has 1 amide bonds. The smallest absolute Gasteiger partial charge is 0.252 e. The van der Waals surface area contributed by atoms with Gasteiger partial charge in [0, 0.05) is 29.9 Å². The van der Waals surface area contributed by atoms with Gasteiger partial charge in [0.2, 0.25) is 0 Å². The van der Waals surface area contributed by atoms with Crippen molar-refractivity contribution >= 4 is 11.7 Å². The molecule has 1 heterocycles. The number of hydrogen-bond donors (Lipinski definition) is 1. The Bertz CT molecular complexity index is 1020. The summed E-state index contributed by atoms with van der Waals surface area (Å²) < 4.78 is 15.1. The molecular formula is C23H24FN3O2. The molecule has 1 aromatic heterocycles. The SMILES string of the molecule is Cc1cc(C)n(CC(C)CNC(=O)c2ccccc2C(=O)c2ccc(F)cc2)n1. The van der Waals surface area contributed by atoms with Crippen molar-refractivity contribution in [2.75, 3.05) is 6.54 Å². The molecular weight excluding hydrogens is 369 g/mol. The molecule has 0 bridgehead atoms. The predicted molar refractivity (Wildman–Crippen MR) is 109 cm³/mol. The highest BCUT2D eigenvalue weighted by Crippen LogP contribution is 2.16.